The molecular formula is C46H62BBrN2O3PdS4. The third-order valence-electron chi connectivity index (χ3n) is 6.15. The average Bonchev–Trinajstić information content (AvgIpc) is 3.31. The fourth-order valence-electron chi connectivity index (χ4n) is 4.20. The van der Waals surface area contributed by atoms with E-state index in [-0.39, 0.29) is 0 Å². The summed E-state index contributed by atoms with van der Waals surface area (Å²) in [5.74, 6) is 0. The summed E-state index contributed by atoms with van der Waals surface area (Å²) in [5, 5.41) is 25.5. The second kappa shape index (κ2) is 39.9. The molecule has 7 rings (SSSR count). The van der Waals surface area contributed by atoms with Crippen molar-refractivity contribution in [2.45, 2.75) is 122 Å². The molecule has 5 nitrogen and oxygen atoms in total. The number of nitrogens with one attached hydrogen (secondary N) is 1. The largest absolute Gasteiger partial charge is 0.256 e. The summed E-state index contributed by atoms with van der Waals surface area (Å²) in [5.41, 5.74) is 2.83. The van der Waals surface area contributed by atoms with Crippen LogP contribution in [0.1, 0.15) is 83.1 Å². The van der Waals surface area contributed by atoms with E-state index in [0.29, 0.717) is 10.1 Å². The molecule has 0 radical (unpaired) electrons. The van der Waals surface area contributed by atoms with Crippen LogP contribution in [0, 0.1) is 5.41 Å². The number of halogens is 1. The Balaban J connectivity index is -0.000000721. The molecule has 0 spiro atoms. The van der Waals surface area contributed by atoms with Crippen LogP contribution in [-0.2, 0) is 22.6 Å². The van der Waals surface area contributed by atoms with Crippen LogP contribution in [0.25, 0.3) is 11.3 Å². The van der Waals surface area contributed by atoms with E-state index < -0.39 is 7.12 Å². The fraction of sp³-hybridized carbons (Fsp3) is 0.261. The normalized spacial score (nSPS) is 9.95. The first-order valence-electron chi connectivity index (χ1n) is 19.5. The number of nitrogens with zero attached hydrogens (tertiary/aromatic N) is 1. The predicted molar refractivity (Wildman–Crippen MR) is 260 cm³/mol. The fourth-order valence-corrected chi connectivity index (χ4v) is 9.14. The molecule has 0 aliphatic carbocycles. The minimum absolute atomic E-state index is 0.368. The van der Waals surface area contributed by atoms with Gasteiger partial charge in [-0.05, 0) is 76.0 Å². The van der Waals surface area contributed by atoms with Crippen molar-refractivity contribution in [2.75, 3.05) is 0 Å². The molecule has 58 heavy (non-hydrogen) atoms. The van der Waals surface area contributed by atoms with Crippen LogP contribution in [0.2, 0.25) is 0 Å². The van der Waals surface area contributed by atoms with Gasteiger partial charge in [-0.2, -0.15) is 0 Å². The summed E-state index contributed by atoms with van der Waals surface area (Å²) in [7, 11) is -1.41. The van der Waals surface area contributed by atoms with Gasteiger partial charge in [-0.25, -0.2) is 0 Å². The monoisotopic (exact) mass is 1010 g/mol. The second-order valence-corrected chi connectivity index (χ2v) is 14.3. The maximum Gasteiger partial charge on any atom is 0.0713 e. The Morgan fingerprint density at radius 1 is 0.603 bits per heavy atom. The van der Waals surface area contributed by atoms with E-state index in [9.17, 15) is 10.0 Å². The van der Waals surface area contributed by atoms with Gasteiger partial charge in [0.05, 0.1) is 10.3 Å². The van der Waals surface area contributed by atoms with Crippen molar-refractivity contribution in [1.82, 2.24) is 4.98 Å². The second-order valence-electron chi connectivity index (χ2n) is 9.14. The third-order valence-corrected chi connectivity index (χ3v) is 11.7. The molecular weight excluding hydrogens is 954 g/mol. The van der Waals surface area contributed by atoms with Crippen molar-refractivity contribution >= 4 is 80.2 Å². The minimum atomic E-state index is -1.41. The van der Waals surface area contributed by atoms with Crippen molar-refractivity contribution < 1.29 is 32.7 Å². The SMILES string of the molecule is C=C/C=C\C(=N)Br.CC.CC.CC.CC.CC.CC.OB(O)c1cccc2c1Sc1ccccc1S2.[O]=[Pd].c1ccc(-c2cccc3c2Sc2ccccc2S3)nc1. The molecule has 2 aliphatic heterocycles. The summed E-state index contributed by atoms with van der Waals surface area (Å²) in [6.45, 7) is 27.4. The van der Waals surface area contributed by atoms with E-state index in [0.717, 1.165) is 20.4 Å². The van der Waals surface area contributed by atoms with Crippen LogP contribution in [0.3, 0.4) is 0 Å². The molecule has 0 fully saturated rings. The molecule has 12 heteroatoms. The van der Waals surface area contributed by atoms with E-state index in [1.54, 1.807) is 47.8 Å². The average molecular weight is 1020 g/mol. The smallest absolute Gasteiger partial charge is 0.0713 e. The van der Waals surface area contributed by atoms with Gasteiger partial charge in [-0.1, -0.05) is 203 Å². The number of pyridine rings is 1. The summed E-state index contributed by atoms with van der Waals surface area (Å²) in [6.07, 6.45) is 6.77. The van der Waals surface area contributed by atoms with Gasteiger partial charge in [0.2, 0.25) is 0 Å². The van der Waals surface area contributed by atoms with E-state index >= 15 is 0 Å². The van der Waals surface area contributed by atoms with E-state index in [1.165, 1.54) is 49.2 Å². The van der Waals surface area contributed by atoms with E-state index in [1.807, 2.05) is 149 Å². The molecule has 3 N–H and O–H groups in total. The van der Waals surface area contributed by atoms with E-state index in [2.05, 4.69) is 88.2 Å². The van der Waals surface area contributed by atoms with Crippen molar-refractivity contribution in [2.24, 2.45) is 0 Å². The Bertz CT molecular complexity index is 1850. The molecule has 2 aliphatic rings. The molecule has 0 amide bonds. The van der Waals surface area contributed by atoms with E-state index in [4.69, 9.17) is 8.88 Å². The molecule has 0 bridgehead atoms. The van der Waals surface area contributed by atoms with Gasteiger partial charge in [0, 0.05) is 50.9 Å². The Morgan fingerprint density at radius 3 is 1.40 bits per heavy atom. The zero-order valence-electron chi connectivity index (χ0n) is 36.0. The minimum Gasteiger partial charge on any atom is -0.256 e. The molecule has 0 unspecified atom stereocenters. The molecule has 4 aromatic carbocycles. The first-order chi connectivity index (χ1) is 28.4. The van der Waals surface area contributed by atoms with Crippen LogP contribution >= 0.6 is 63.0 Å². The molecule has 5 aromatic rings. The van der Waals surface area contributed by atoms with Gasteiger partial charge < -0.3 is 10.0 Å². The van der Waals surface area contributed by atoms with Crippen LogP contribution in [-0.4, -0.2) is 26.8 Å². The zero-order chi connectivity index (χ0) is 44.9. The number of hydrogen-bond donors (Lipinski definition) is 3. The molecule has 0 saturated carbocycles. The first kappa shape index (κ1) is 59.8. The standard InChI is InChI=1S/C17H11NS2.C12H9BO2S2.C5H6BrN.6C2H6.O.Pd/c1-2-9-15-14(8-1)19-16-10-5-6-12(17(16)20-15)13-7-3-4-11-18-13;14-13(15)8-4-3-7-11-12(8)17-10-6-2-1-5-9(10)16-11;1-2-3-4-5(6)7;6*1-2;;/h1-11H;1-7,14-15H;2-4,7H,1H2;6*1-2H3;;/b;;4-3-,7-5?;;;;;;;;. The summed E-state index contributed by atoms with van der Waals surface area (Å²) in [6, 6.07) is 34.9. The molecule has 1 aromatic heterocycles. The van der Waals surface area contributed by atoms with Gasteiger partial charge in [-0.3, -0.25) is 10.4 Å². The van der Waals surface area contributed by atoms with Crippen molar-refractivity contribution in [3.05, 3.63) is 134 Å². The number of rotatable bonds is 4. The Kier molecular flexibility index (Phi) is 41.2. The van der Waals surface area contributed by atoms with Crippen molar-refractivity contribution in [1.29, 1.82) is 5.41 Å². The van der Waals surface area contributed by atoms with Gasteiger partial charge in [0.15, 0.2) is 0 Å². The number of allylic oxidation sites excluding steroid dienone is 3. The Labute approximate surface area is 387 Å². The van der Waals surface area contributed by atoms with Gasteiger partial charge in [0.1, 0.15) is 0 Å². The summed E-state index contributed by atoms with van der Waals surface area (Å²) < 4.78 is 8.47. The van der Waals surface area contributed by atoms with Crippen LogP contribution in [0.15, 0.2) is 173 Å². The Hall–Kier alpha value is -2.49. The maximum absolute atomic E-state index is 9.36. The van der Waals surface area contributed by atoms with Crippen LogP contribution in [0.5, 0.6) is 0 Å². The maximum atomic E-state index is 9.36. The van der Waals surface area contributed by atoms with Crippen LogP contribution in [0.4, 0.5) is 0 Å². The molecule has 0 atom stereocenters. The Morgan fingerprint density at radius 2 is 1.00 bits per heavy atom. The number of fused-ring (bicyclic) bond motifs is 4. The van der Waals surface area contributed by atoms with Gasteiger partial charge in [0.25, 0.3) is 0 Å². The van der Waals surface area contributed by atoms with Gasteiger partial charge >= 0.3 is 29.7 Å². The molecule has 0 saturated heterocycles. The van der Waals surface area contributed by atoms with Crippen LogP contribution < -0.4 is 5.46 Å². The number of benzene rings is 4. The molecule has 318 valence electrons. The number of hydrogen-bond acceptors (Lipinski definition) is 9. The summed E-state index contributed by atoms with van der Waals surface area (Å²) in [4.78, 5) is 14.2. The van der Waals surface area contributed by atoms with Crippen molar-refractivity contribution in [3.8, 4) is 11.3 Å². The predicted octanol–water partition coefficient (Wildman–Crippen LogP) is 15.5. The topological polar surface area (TPSA) is 94.3 Å². The van der Waals surface area contributed by atoms with Gasteiger partial charge in [-0.15, -0.1) is 0 Å². The van der Waals surface area contributed by atoms with Crippen molar-refractivity contribution in [3.63, 3.8) is 0 Å². The quantitative estimate of drug-likeness (QED) is 0.0912. The first-order valence-corrected chi connectivity index (χ1v) is 24.2. The zero-order valence-corrected chi connectivity index (χ0v) is 42.4. The number of aromatic nitrogens is 1. The molecule has 3 heterocycles. The summed E-state index contributed by atoms with van der Waals surface area (Å²) >= 11 is 11.4. The third kappa shape index (κ3) is 21.2.